The van der Waals surface area contributed by atoms with Crippen LogP contribution < -0.4 is 28.3 Å². The fraction of sp³-hybridized carbons (Fsp3) is 0.955. The summed E-state index contributed by atoms with van der Waals surface area (Å²) >= 11 is 0. The largest absolute Gasteiger partial charge is 0.394 e. The van der Waals surface area contributed by atoms with E-state index in [0.717, 1.165) is 0 Å². The molecule has 0 aromatic rings. The number of ether oxygens (including phenoxy) is 4. The van der Waals surface area contributed by atoms with Crippen molar-refractivity contribution in [1.82, 2.24) is 5.32 Å². The lowest BCUT2D eigenvalue weighted by molar-refractivity contribution is -0.332. The van der Waals surface area contributed by atoms with Gasteiger partial charge in [0.2, 0.25) is 5.91 Å². The van der Waals surface area contributed by atoms with E-state index in [1.54, 1.807) is 0 Å². The number of hydrogen-bond donors (Lipinski definition) is 13. The molecule has 0 aromatic heterocycles. The van der Waals surface area contributed by atoms with Gasteiger partial charge in [-0.05, 0) is 19.4 Å². The van der Waals surface area contributed by atoms with Gasteiger partial charge in [-0.1, -0.05) is 0 Å². The van der Waals surface area contributed by atoms with E-state index >= 15 is 0 Å². The molecule has 1 amide bonds. The predicted molar refractivity (Wildman–Crippen MR) is 131 cm³/mol. The van der Waals surface area contributed by atoms with E-state index in [0.29, 0.717) is 0 Å². The van der Waals surface area contributed by atoms with Crippen LogP contribution >= 0.6 is 0 Å². The fourth-order valence-electron chi connectivity index (χ4n) is 5.07. The number of carbonyl (C=O) groups excluding carboxylic acids is 1. The van der Waals surface area contributed by atoms with Gasteiger partial charge in [0.1, 0.15) is 67.1 Å². The van der Waals surface area contributed by atoms with Gasteiger partial charge >= 0.3 is 0 Å². The van der Waals surface area contributed by atoms with Gasteiger partial charge in [-0.3, -0.25) is 4.79 Å². The zero-order valence-electron chi connectivity index (χ0n) is 21.7. The third-order valence-electron chi connectivity index (χ3n) is 7.51. The van der Waals surface area contributed by atoms with E-state index in [1.807, 2.05) is 0 Å². The molecule has 40 heavy (non-hydrogen) atoms. The standard InChI is InChI=1S/C22H43N5O13/c23-2-1-8(29)20(36)27-7-3-6(25)18(39-22-16(34)15(33)13(31)9(4-24)37-22)17(35)19(7)40-21-14(32)11(26)12(30)10(5-28)38-21/h6-19,21-22,28-35H,1-5,23-26H2,(H,27,36)/t6-,7+,8-,9+,10+,11-,12?,13+,14?,15-,16+,17-,18+,19-,21?,22?/m0/s1. The Morgan fingerprint density at radius 3 is 2.05 bits per heavy atom. The highest BCUT2D eigenvalue weighted by Crippen LogP contribution is 2.32. The first kappa shape index (κ1) is 33.3. The molecule has 0 aromatic carbocycles. The van der Waals surface area contributed by atoms with Crippen LogP contribution in [-0.4, -0.2) is 164 Å². The highest BCUT2D eigenvalue weighted by molar-refractivity contribution is 5.80. The molecule has 4 unspecified atom stereocenters. The molecule has 0 radical (unpaired) electrons. The first-order chi connectivity index (χ1) is 18.9. The lowest BCUT2D eigenvalue weighted by atomic mass is 9.83. The number of hydrogen-bond acceptors (Lipinski definition) is 17. The maximum absolute atomic E-state index is 12.6. The summed E-state index contributed by atoms with van der Waals surface area (Å²) in [5.41, 5.74) is 23.1. The van der Waals surface area contributed by atoms with Gasteiger partial charge in [0.25, 0.3) is 0 Å². The van der Waals surface area contributed by atoms with E-state index < -0.39 is 110 Å². The van der Waals surface area contributed by atoms with Crippen LogP contribution in [0.25, 0.3) is 0 Å². The van der Waals surface area contributed by atoms with Crippen molar-refractivity contribution in [1.29, 1.82) is 0 Å². The minimum atomic E-state index is -1.76. The topological polar surface area (TPSA) is 332 Å². The number of amides is 1. The second-order valence-corrected chi connectivity index (χ2v) is 10.3. The van der Waals surface area contributed by atoms with E-state index in [2.05, 4.69) is 5.32 Å². The monoisotopic (exact) mass is 585 g/mol. The van der Waals surface area contributed by atoms with Crippen molar-refractivity contribution in [2.75, 3.05) is 19.7 Å². The molecule has 0 bridgehead atoms. The quantitative estimate of drug-likeness (QED) is 0.113. The summed E-state index contributed by atoms with van der Waals surface area (Å²) in [6.45, 7) is -0.898. The smallest absolute Gasteiger partial charge is 0.249 e. The summed E-state index contributed by atoms with van der Waals surface area (Å²) in [5, 5.41) is 84.9. The van der Waals surface area contributed by atoms with Crippen LogP contribution in [0.1, 0.15) is 12.8 Å². The summed E-state index contributed by atoms with van der Waals surface area (Å²) in [4.78, 5) is 12.6. The lowest BCUT2D eigenvalue weighted by Gasteiger charge is -2.49. The number of nitrogens with one attached hydrogen (secondary N) is 1. The molecule has 16 atom stereocenters. The van der Waals surface area contributed by atoms with Crippen LogP contribution in [0.5, 0.6) is 0 Å². The average Bonchev–Trinajstić information content (AvgIpc) is 2.92. The number of nitrogens with two attached hydrogens (primary N) is 4. The first-order valence-electron chi connectivity index (χ1n) is 13.1. The van der Waals surface area contributed by atoms with Crippen LogP contribution in [0.15, 0.2) is 0 Å². The van der Waals surface area contributed by atoms with Crippen LogP contribution in [0.3, 0.4) is 0 Å². The second kappa shape index (κ2) is 14.3. The van der Waals surface area contributed by atoms with Crippen molar-refractivity contribution in [2.45, 2.75) is 111 Å². The zero-order valence-corrected chi connectivity index (χ0v) is 21.7. The van der Waals surface area contributed by atoms with Gasteiger partial charge < -0.3 is 88.1 Å². The third kappa shape index (κ3) is 7.06. The van der Waals surface area contributed by atoms with Crippen LogP contribution in [0, 0.1) is 0 Å². The van der Waals surface area contributed by atoms with Gasteiger partial charge in [-0.2, -0.15) is 0 Å². The molecule has 1 saturated carbocycles. The molecule has 3 fully saturated rings. The van der Waals surface area contributed by atoms with E-state index in [-0.39, 0.29) is 25.9 Å². The van der Waals surface area contributed by atoms with Crippen molar-refractivity contribution in [3.8, 4) is 0 Å². The maximum Gasteiger partial charge on any atom is 0.249 e. The van der Waals surface area contributed by atoms with Gasteiger partial charge in [-0.25, -0.2) is 0 Å². The van der Waals surface area contributed by atoms with Crippen LogP contribution in [-0.2, 0) is 23.7 Å². The Hall–Kier alpha value is -1.17. The Balaban J connectivity index is 1.85. The molecule has 3 rings (SSSR count). The predicted octanol–water partition coefficient (Wildman–Crippen LogP) is -8.42. The number of carbonyl (C=O) groups is 1. The highest BCUT2D eigenvalue weighted by Gasteiger charge is 2.52. The lowest BCUT2D eigenvalue weighted by Crippen LogP contribution is -2.69. The minimum absolute atomic E-state index is 0.0101. The molecule has 17 N–H and O–H groups in total. The summed E-state index contributed by atoms with van der Waals surface area (Å²) in [7, 11) is 0. The Morgan fingerprint density at radius 2 is 1.45 bits per heavy atom. The summed E-state index contributed by atoms with van der Waals surface area (Å²) < 4.78 is 22.5. The molecule has 2 aliphatic heterocycles. The average molecular weight is 586 g/mol. The molecular formula is C22H43N5O13. The minimum Gasteiger partial charge on any atom is -0.394 e. The summed E-state index contributed by atoms with van der Waals surface area (Å²) in [6, 6.07) is -3.45. The number of rotatable bonds is 10. The SMILES string of the molecule is NCC[C@H](O)C(=O)N[C@@H]1C[C@H](N)[C@@H](OC2O[C@H](CN)[C@@H](O)[C@H](O)[C@H]2O)[C@H](O)[C@H]1OC1O[C@H](CO)C(O)[C@H](N)C1O. The van der Waals surface area contributed by atoms with E-state index in [9.17, 15) is 45.6 Å². The highest BCUT2D eigenvalue weighted by atomic mass is 16.7. The Kier molecular flexibility index (Phi) is 11.9. The second-order valence-electron chi connectivity index (χ2n) is 10.3. The Morgan fingerprint density at radius 1 is 0.850 bits per heavy atom. The molecule has 1 aliphatic carbocycles. The van der Waals surface area contributed by atoms with Gasteiger partial charge in [-0.15, -0.1) is 0 Å². The Bertz CT molecular complexity index is 815. The van der Waals surface area contributed by atoms with Gasteiger partial charge in [0.05, 0.1) is 18.7 Å². The molecule has 3 aliphatic rings. The summed E-state index contributed by atoms with van der Waals surface area (Å²) in [6.07, 6.45) is -19.8. The third-order valence-corrected chi connectivity index (χ3v) is 7.51. The molecule has 18 heteroatoms. The molecule has 2 heterocycles. The maximum atomic E-state index is 12.6. The fourth-order valence-corrected chi connectivity index (χ4v) is 5.07. The summed E-state index contributed by atoms with van der Waals surface area (Å²) in [5.74, 6) is -0.845. The van der Waals surface area contributed by atoms with Crippen molar-refractivity contribution >= 4 is 5.91 Å². The van der Waals surface area contributed by atoms with Crippen molar-refractivity contribution < 1.29 is 64.6 Å². The normalized spacial score (nSPS) is 47.0. The van der Waals surface area contributed by atoms with E-state index in [1.165, 1.54) is 0 Å². The molecule has 2 saturated heterocycles. The zero-order chi connectivity index (χ0) is 29.9. The molecule has 234 valence electrons. The van der Waals surface area contributed by atoms with Crippen LogP contribution in [0.4, 0.5) is 0 Å². The van der Waals surface area contributed by atoms with Crippen molar-refractivity contribution in [3.63, 3.8) is 0 Å². The molecule has 0 spiro atoms. The van der Waals surface area contributed by atoms with Crippen LogP contribution in [0.2, 0.25) is 0 Å². The van der Waals surface area contributed by atoms with Gasteiger partial charge in [0.15, 0.2) is 12.6 Å². The number of aliphatic hydroxyl groups is 8. The Labute approximate surface area is 229 Å². The van der Waals surface area contributed by atoms with Crippen molar-refractivity contribution in [3.05, 3.63) is 0 Å². The first-order valence-corrected chi connectivity index (χ1v) is 13.1. The molecule has 18 nitrogen and oxygen atoms in total. The van der Waals surface area contributed by atoms with Gasteiger partial charge in [0, 0.05) is 12.6 Å². The molecular weight excluding hydrogens is 542 g/mol. The number of aliphatic hydroxyl groups excluding tert-OH is 8. The van der Waals surface area contributed by atoms with E-state index in [4.69, 9.17) is 41.9 Å². The van der Waals surface area contributed by atoms with Crippen molar-refractivity contribution in [2.24, 2.45) is 22.9 Å².